The Hall–Kier alpha value is -4.21. The number of carbonyl (C=O) groups is 4. The van der Waals surface area contributed by atoms with E-state index < -0.39 is 29.7 Å². The van der Waals surface area contributed by atoms with E-state index >= 15 is 0 Å². The van der Waals surface area contributed by atoms with Crippen LogP contribution < -0.4 is 21.4 Å². The Morgan fingerprint density at radius 1 is 1.10 bits per heavy atom. The van der Waals surface area contributed by atoms with E-state index in [4.69, 9.17) is 5.73 Å². The number of carbonyl (C=O) groups excluding carboxylic acids is 4. The molecule has 3 rings (SSSR count). The number of hydrogen-bond donors (Lipinski definition) is 3. The third kappa shape index (κ3) is 5.24. The number of anilines is 2. The van der Waals surface area contributed by atoms with Crippen molar-refractivity contribution in [1.29, 1.82) is 0 Å². The summed E-state index contributed by atoms with van der Waals surface area (Å²) >= 11 is 0. The third-order valence-electron chi connectivity index (χ3n) is 4.53. The minimum Gasteiger partial charge on any atom is -0.468 e. The highest BCUT2D eigenvalue weighted by atomic mass is 16.5. The number of esters is 1. The molecule has 0 fully saturated rings. The van der Waals surface area contributed by atoms with E-state index in [1.54, 1.807) is 36.4 Å². The van der Waals surface area contributed by atoms with Gasteiger partial charge >= 0.3 is 5.97 Å². The van der Waals surface area contributed by atoms with Crippen molar-refractivity contribution in [3.63, 3.8) is 0 Å². The molecule has 0 aliphatic carbocycles. The first-order chi connectivity index (χ1) is 14.9. The van der Waals surface area contributed by atoms with Crippen LogP contribution in [0.25, 0.3) is 0 Å². The van der Waals surface area contributed by atoms with Gasteiger partial charge in [0.25, 0.3) is 11.8 Å². The normalized spacial score (nSPS) is 15.1. The van der Waals surface area contributed by atoms with Crippen LogP contribution in [0, 0.1) is 0 Å². The van der Waals surface area contributed by atoms with Gasteiger partial charge < -0.3 is 21.1 Å². The molecule has 0 spiro atoms. The van der Waals surface area contributed by atoms with Gasteiger partial charge in [0, 0.05) is 17.7 Å². The summed E-state index contributed by atoms with van der Waals surface area (Å²) in [6.07, 6.45) is 0.0510. The molecule has 2 aromatic carbocycles. The van der Waals surface area contributed by atoms with Crippen molar-refractivity contribution in [2.45, 2.75) is 12.5 Å². The van der Waals surface area contributed by atoms with Crippen molar-refractivity contribution in [3.05, 3.63) is 60.2 Å². The van der Waals surface area contributed by atoms with Crippen molar-refractivity contribution in [2.75, 3.05) is 24.0 Å². The molecule has 160 valence electrons. The van der Waals surface area contributed by atoms with Crippen LogP contribution in [0.5, 0.6) is 0 Å². The van der Waals surface area contributed by atoms with E-state index in [0.29, 0.717) is 11.4 Å². The first kappa shape index (κ1) is 21.5. The van der Waals surface area contributed by atoms with Gasteiger partial charge in [-0.3, -0.25) is 24.2 Å². The lowest BCUT2D eigenvalue weighted by Gasteiger charge is -2.20. The standard InChI is InChI=1S/C21H21N5O5/c1-31-18(27)12-23-20(29)13-6-5-7-14(10-13)24-21(30)16-11-17(19(22)28)26(25-16)15-8-3-2-4-9-15/h2-10,17H,11-12H2,1H3,(H2,22,28)(H,23,29)(H,24,30). The molecular weight excluding hydrogens is 402 g/mol. The van der Waals surface area contributed by atoms with Crippen LogP contribution in [0.4, 0.5) is 11.4 Å². The molecular formula is C21H21N5O5. The lowest BCUT2D eigenvalue weighted by molar-refractivity contribution is -0.139. The van der Waals surface area contributed by atoms with Gasteiger partial charge in [0.05, 0.1) is 12.8 Å². The number of amides is 3. The lowest BCUT2D eigenvalue weighted by atomic mass is 10.1. The Bertz CT molecular complexity index is 1040. The van der Waals surface area contributed by atoms with Crippen LogP contribution in [0.15, 0.2) is 59.7 Å². The summed E-state index contributed by atoms with van der Waals surface area (Å²) in [4.78, 5) is 47.9. The Morgan fingerprint density at radius 2 is 1.84 bits per heavy atom. The lowest BCUT2D eigenvalue weighted by Crippen LogP contribution is -2.39. The first-order valence-corrected chi connectivity index (χ1v) is 9.36. The van der Waals surface area contributed by atoms with Gasteiger partial charge in [0.2, 0.25) is 5.91 Å². The summed E-state index contributed by atoms with van der Waals surface area (Å²) in [5, 5.41) is 10.8. The molecule has 3 amide bonds. The number of ether oxygens (including phenoxy) is 1. The molecule has 31 heavy (non-hydrogen) atoms. The highest BCUT2D eigenvalue weighted by Crippen LogP contribution is 2.24. The Balaban J connectivity index is 1.72. The van der Waals surface area contributed by atoms with Crippen LogP contribution in [0.2, 0.25) is 0 Å². The van der Waals surface area contributed by atoms with E-state index in [1.165, 1.54) is 24.3 Å². The summed E-state index contributed by atoms with van der Waals surface area (Å²) in [5.74, 6) is -2.19. The predicted molar refractivity (Wildman–Crippen MR) is 113 cm³/mol. The van der Waals surface area contributed by atoms with Gasteiger partial charge in [-0.05, 0) is 30.3 Å². The predicted octanol–water partition coefficient (Wildman–Crippen LogP) is 0.648. The van der Waals surface area contributed by atoms with Gasteiger partial charge in [0.15, 0.2) is 0 Å². The monoisotopic (exact) mass is 423 g/mol. The van der Waals surface area contributed by atoms with Crippen molar-refractivity contribution in [3.8, 4) is 0 Å². The molecule has 1 heterocycles. The van der Waals surface area contributed by atoms with Gasteiger partial charge in [0.1, 0.15) is 18.3 Å². The maximum Gasteiger partial charge on any atom is 0.325 e. The van der Waals surface area contributed by atoms with Gasteiger partial charge in [-0.1, -0.05) is 24.3 Å². The fourth-order valence-electron chi connectivity index (χ4n) is 2.96. The number of methoxy groups -OCH3 is 1. The van der Waals surface area contributed by atoms with Gasteiger partial charge in [-0.25, -0.2) is 0 Å². The summed E-state index contributed by atoms with van der Waals surface area (Å²) in [6, 6.07) is 14.3. The molecule has 0 aromatic heterocycles. The molecule has 1 aliphatic rings. The average Bonchev–Trinajstić information content (AvgIpc) is 3.24. The SMILES string of the molecule is COC(=O)CNC(=O)c1cccc(NC(=O)C2=NN(c3ccccc3)C(C(N)=O)C2)c1. The molecule has 0 bridgehead atoms. The van der Waals surface area contributed by atoms with Crippen LogP contribution in [0.3, 0.4) is 0 Å². The van der Waals surface area contributed by atoms with E-state index in [1.807, 2.05) is 6.07 Å². The summed E-state index contributed by atoms with van der Waals surface area (Å²) in [6.45, 7) is -0.271. The molecule has 1 atom stereocenters. The number of nitrogens with zero attached hydrogens (tertiary/aromatic N) is 2. The maximum absolute atomic E-state index is 12.7. The number of nitrogens with one attached hydrogen (secondary N) is 2. The van der Waals surface area contributed by atoms with E-state index in [2.05, 4.69) is 20.5 Å². The zero-order chi connectivity index (χ0) is 22.4. The third-order valence-corrected chi connectivity index (χ3v) is 4.53. The Kier molecular flexibility index (Phi) is 6.61. The number of hydrogen-bond acceptors (Lipinski definition) is 7. The number of para-hydroxylation sites is 1. The van der Waals surface area contributed by atoms with Crippen molar-refractivity contribution < 1.29 is 23.9 Å². The molecule has 0 saturated heterocycles. The van der Waals surface area contributed by atoms with Crippen LogP contribution in [-0.2, 0) is 19.1 Å². The highest BCUT2D eigenvalue weighted by molar-refractivity contribution is 6.44. The second-order valence-corrected chi connectivity index (χ2v) is 6.64. The largest absolute Gasteiger partial charge is 0.468 e. The topological polar surface area (TPSA) is 143 Å². The minimum absolute atomic E-state index is 0.0510. The van der Waals surface area contributed by atoms with Crippen molar-refractivity contribution in [1.82, 2.24) is 5.32 Å². The van der Waals surface area contributed by atoms with Gasteiger partial charge in [-0.15, -0.1) is 0 Å². The molecule has 10 nitrogen and oxygen atoms in total. The number of primary amides is 1. The van der Waals surface area contributed by atoms with E-state index in [0.717, 1.165) is 0 Å². The van der Waals surface area contributed by atoms with Crippen molar-refractivity contribution >= 4 is 40.8 Å². The zero-order valence-corrected chi connectivity index (χ0v) is 16.7. The molecule has 4 N–H and O–H groups in total. The van der Waals surface area contributed by atoms with Crippen LogP contribution >= 0.6 is 0 Å². The molecule has 1 unspecified atom stereocenters. The van der Waals surface area contributed by atoms with Crippen LogP contribution in [-0.4, -0.2) is 49.1 Å². The molecule has 0 radical (unpaired) electrons. The Morgan fingerprint density at radius 3 is 2.52 bits per heavy atom. The summed E-state index contributed by atoms with van der Waals surface area (Å²) in [5.41, 5.74) is 6.86. The van der Waals surface area contributed by atoms with E-state index in [-0.39, 0.29) is 24.2 Å². The highest BCUT2D eigenvalue weighted by Gasteiger charge is 2.35. The summed E-state index contributed by atoms with van der Waals surface area (Å²) in [7, 11) is 1.22. The van der Waals surface area contributed by atoms with Gasteiger partial charge in [-0.2, -0.15) is 5.10 Å². The molecule has 0 saturated carbocycles. The number of hydrazone groups is 1. The zero-order valence-electron chi connectivity index (χ0n) is 16.7. The first-order valence-electron chi connectivity index (χ1n) is 9.36. The van der Waals surface area contributed by atoms with Crippen molar-refractivity contribution in [2.24, 2.45) is 10.8 Å². The second-order valence-electron chi connectivity index (χ2n) is 6.64. The number of rotatable bonds is 7. The fraction of sp³-hybridized carbons (Fsp3) is 0.190. The molecule has 10 heteroatoms. The molecule has 1 aliphatic heterocycles. The number of nitrogens with two attached hydrogens (primary N) is 1. The minimum atomic E-state index is -0.779. The quantitative estimate of drug-likeness (QED) is 0.558. The van der Waals surface area contributed by atoms with Crippen LogP contribution in [0.1, 0.15) is 16.8 Å². The number of benzene rings is 2. The second kappa shape index (κ2) is 9.53. The fourth-order valence-corrected chi connectivity index (χ4v) is 2.96. The molecule has 2 aromatic rings. The maximum atomic E-state index is 12.7. The average molecular weight is 423 g/mol. The van der Waals surface area contributed by atoms with E-state index in [9.17, 15) is 19.2 Å². The summed E-state index contributed by atoms with van der Waals surface area (Å²) < 4.78 is 4.48. The smallest absolute Gasteiger partial charge is 0.325 e. The Labute approximate surface area is 178 Å².